The van der Waals surface area contributed by atoms with E-state index in [4.69, 9.17) is 33.4 Å². The lowest BCUT2D eigenvalue weighted by atomic mass is 10.9. The van der Waals surface area contributed by atoms with Crippen LogP contribution in [0.15, 0.2) is 0 Å². The summed E-state index contributed by atoms with van der Waals surface area (Å²) in [5.74, 6) is -1.33. The molecule has 11 N–H and O–H groups in total. The highest BCUT2D eigenvalue weighted by molar-refractivity contribution is 5.83. The van der Waals surface area contributed by atoms with E-state index >= 15 is 0 Å². The summed E-state index contributed by atoms with van der Waals surface area (Å²) < 4.78 is 0. The second-order valence-electron chi connectivity index (χ2n) is 1.77. The first-order valence-corrected chi connectivity index (χ1v) is 2.79. The van der Waals surface area contributed by atoms with E-state index < -0.39 is 17.9 Å². The van der Waals surface area contributed by atoms with Crippen LogP contribution in [0.3, 0.4) is 0 Å². The fraction of sp³-hybridized carbons (Fsp3) is 0. The minimum absolute atomic E-state index is 0.432. The Morgan fingerprint density at radius 3 is 1.42 bits per heavy atom. The third-order valence-electron chi connectivity index (χ3n) is 0.705. The van der Waals surface area contributed by atoms with Gasteiger partial charge < -0.3 is 17.2 Å². The van der Waals surface area contributed by atoms with Crippen LogP contribution in [0.4, 0.5) is 0 Å². The number of hydrogen-bond acceptors (Lipinski definition) is 3. The zero-order chi connectivity index (χ0) is 9.72. The predicted octanol–water partition coefficient (Wildman–Crippen LogP) is -3.02. The standard InChI is InChI=1S/C3H11N9/c4-1(5)10-12(3(8)9)11-2(6)7/h(H3,8,9)(H4,4,5,10)(H4,6,7,11). The van der Waals surface area contributed by atoms with Gasteiger partial charge in [0, 0.05) is 0 Å². The number of guanidine groups is 3. The van der Waals surface area contributed by atoms with E-state index in [0.29, 0.717) is 0 Å². The minimum Gasteiger partial charge on any atom is -0.369 e. The SMILES string of the molecule is N=C(N)NN(NC(=N)N)C(=N)N. The monoisotopic (exact) mass is 173 g/mol. The van der Waals surface area contributed by atoms with Gasteiger partial charge >= 0.3 is 0 Å². The normalized spacial score (nSPS) is 8.33. The molecule has 0 rings (SSSR count). The molecule has 9 nitrogen and oxygen atoms in total. The van der Waals surface area contributed by atoms with Crippen molar-refractivity contribution < 1.29 is 0 Å². The van der Waals surface area contributed by atoms with Crippen molar-refractivity contribution >= 4 is 17.9 Å². The molecule has 0 spiro atoms. The van der Waals surface area contributed by atoms with Crippen molar-refractivity contribution in [1.82, 2.24) is 16.0 Å². The molecular formula is C3H11N9. The van der Waals surface area contributed by atoms with Crippen molar-refractivity contribution in [3.63, 3.8) is 0 Å². The van der Waals surface area contributed by atoms with Gasteiger partial charge in [0.1, 0.15) is 0 Å². The summed E-state index contributed by atoms with van der Waals surface area (Å²) in [5, 5.41) is 21.2. The van der Waals surface area contributed by atoms with E-state index in [9.17, 15) is 0 Å². The Bertz CT molecular complexity index is 190. The van der Waals surface area contributed by atoms with Gasteiger partial charge in [-0.3, -0.25) is 16.2 Å². The Morgan fingerprint density at radius 1 is 0.917 bits per heavy atom. The van der Waals surface area contributed by atoms with Gasteiger partial charge in [0.2, 0.25) is 17.9 Å². The summed E-state index contributed by atoms with van der Waals surface area (Å²) in [6.45, 7) is 0. The largest absolute Gasteiger partial charge is 0.369 e. The summed E-state index contributed by atoms with van der Waals surface area (Å²) >= 11 is 0. The van der Waals surface area contributed by atoms with Crippen LogP contribution < -0.4 is 28.1 Å². The van der Waals surface area contributed by atoms with Gasteiger partial charge in [0.25, 0.3) is 0 Å². The van der Waals surface area contributed by atoms with Crippen LogP contribution in [0.1, 0.15) is 0 Å². The van der Waals surface area contributed by atoms with Gasteiger partial charge in [0.05, 0.1) is 0 Å². The van der Waals surface area contributed by atoms with Crippen molar-refractivity contribution in [2.45, 2.75) is 0 Å². The molecule has 9 heteroatoms. The number of nitrogens with two attached hydrogens (primary N) is 3. The first kappa shape index (κ1) is 9.81. The maximum absolute atomic E-state index is 6.91. The second-order valence-corrected chi connectivity index (χ2v) is 1.77. The summed E-state index contributed by atoms with van der Waals surface area (Å²) in [5.41, 5.74) is 19.1. The van der Waals surface area contributed by atoms with E-state index in [-0.39, 0.29) is 0 Å². The van der Waals surface area contributed by atoms with Crippen LogP contribution in [0.5, 0.6) is 0 Å². The van der Waals surface area contributed by atoms with Crippen molar-refractivity contribution in [1.29, 1.82) is 16.2 Å². The van der Waals surface area contributed by atoms with Crippen LogP contribution >= 0.6 is 0 Å². The van der Waals surface area contributed by atoms with E-state index in [2.05, 4.69) is 10.9 Å². The molecule has 0 aromatic carbocycles. The van der Waals surface area contributed by atoms with Crippen LogP contribution in [0, 0.1) is 16.2 Å². The van der Waals surface area contributed by atoms with Crippen molar-refractivity contribution in [3.05, 3.63) is 0 Å². The van der Waals surface area contributed by atoms with Gasteiger partial charge in [0.15, 0.2) is 0 Å². The van der Waals surface area contributed by atoms with Crippen LogP contribution in [0.25, 0.3) is 0 Å². The summed E-state index contributed by atoms with van der Waals surface area (Å²) in [6.07, 6.45) is 0. The van der Waals surface area contributed by atoms with Gasteiger partial charge in [-0.15, -0.1) is 0 Å². The fourth-order valence-corrected chi connectivity index (χ4v) is 0.389. The van der Waals surface area contributed by atoms with Crippen LogP contribution in [0.2, 0.25) is 0 Å². The molecule has 0 saturated heterocycles. The molecule has 0 saturated carbocycles. The van der Waals surface area contributed by atoms with E-state index in [1.54, 1.807) is 0 Å². The van der Waals surface area contributed by atoms with Crippen molar-refractivity contribution in [3.8, 4) is 0 Å². The first-order valence-electron chi connectivity index (χ1n) is 2.79. The van der Waals surface area contributed by atoms with E-state index in [1.165, 1.54) is 0 Å². The lowest BCUT2D eigenvalue weighted by Crippen LogP contribution is -2.60. The number of rotatable bonds is 0. The molecule has 0 unspecified atom stereocenters. The average Bonchev–Trinajstić information content (AvgIpc) is 1.83. The zero-order valence-corrected chi connectivity index (χ0v) is 6.18. The first-order chi connectivity index (χ1) is 5.43. The molecule has 0 bridgehead atoms. The highest BCUT2D eigenvalue weighted by Gasteiger charge is 2.05. The van der Waals surface area contributed by atoms with Crippen LogP contribution in [-0.4, -0.2) is 23.0 Å². The molecule has 0 radical (unpaired) electrons. The number of nitrogens with zero attached hydrogens (tertiary/aromatic N) is 1. The summed E-state index contributed by atoms with van der Waals surface area (Å²) in [6, 6.07) is 0. The average molecular weight is 173 g/mol. The molecule has 0 heterocycles. The molecular weight excluding hydrogens is 162 g/mol. The maximum Gasteiger partial charge on any atom is 0.228 e. The third-order valence-corrected chi connectivity index (χ3v) is 0.705. The Morgan fingerprint density at radius 2 is 1.25 bits per heavy atom. The predicted molar refractivity (Wildman–Crippen MR) is 43.9 cm³/mol. The van der Waals surface area contributed by atoms with Gasteiger partial charge in [-0.05, 0) is 0 Å². The third kappa shape index (κ3) is 3.76. The zero-order valence-electron chi connectivity index (χ0n) is 6.18. The summed E-state index contributed by atoms with van der Waals surface area (Å²) in [4.78, 5) is 0. The number of nitrogens with one attached hydrogen (secondary N) is 5. The molecule has 0 aromatic rings. The quantitative estimate of drug-likeness (QED) is 0.110. The van der Waals surface area contributed by atoms with Crippen LogP contribution in [-0.2, 0) is 0 Å². The van der Waals surface area contributed by atoms with Gasteiger partial charge in [-0.2, -0.15) is 5.12 Å². The lowest BCUT2D eigenvalue weighted by Gasteiger charge is -2.22. The fourth-order valence-electron chi connectivity index (χ4n) is 0.389. The highest BCUT2D eigenvalue weighted by atomic mass is 15.8. The Kier molecular flexibility index (Phi) is 3.15. The Hall–Kier alpha value is -2.19. The molecule has 0 aromatic heterocycles. The Labute approximate surface area is 68.3 Å². The topological polar surface area (TPSA) is 177 Å². The van der Waals surface area contributed by atoms with Crippen molar-refractivity contribution in [2.75, 3.05) is 0 Å². The molecule has 12 heavy (non-hydrogen) atoms. The molecule has 0 atom stereocenters. The number of hydrazine groups is 2. The molecule has 0 aliphatic rings. The van der Waals surface area contributed by atoms with Gasteiger partial charge in [-0.1, -0.05) is 0 Å². The number of hydrogen-bond donors (Lipinski definition) is 8. The van der Waals surface area contributed by atoms with E-state index in [1.807, 2.05) is 0 Å². The second kappa shape index (κ2) is 3.85. The lowest BCUT2D eigenvalue weighted by molar-refractivity contribution is 0.321. The molecule has 0 amide bonds. The smallest absolute Gasteiger partial charge is 0.228 e. The highest BCUT2D eigenvalue weighted by Crippen LogP contribution is 1.70. The molecule has 0 fully saturated rings. The Balaban J connectivity index is 4.14. The molecule has 0 aliphatic carbocycles. The van der Waals surface area contributed by atoms with Gasteiger partial charge in [-0.25, -0.2) is 10.9 Å². The maximum atomic E-state index is 6.91. The van der Waals surface area contributed by atoms with E-state index in [0.717, 1.165) is 5.12 Å². The summed E-state index contributed by atoms with van der Waals surface area (Å²) in [7, 11) is 0. The van der Waals surface area contributed by atoms with Crippen molar-refractivity contribution in [2.24, 2.45) is 17.2 Å². The minimum atomic E-state index is -0.472. The molecule has 0 aliphatic heterocycles. The molecule has 68 valence electrons.